The molecule has 4 fully saturated rings. The number of likely N-dealkylation sites (tertiary alicyclic amines) is 1. The van der Waals surface area contributed by atoms with Crippen molar-refractivity contribution in [3.63, 3.8) is 0 Å². The highest BCUT2D eigenvalue weighted by Crippen LogP contribution is 2.50. The Balaban J connectivity index is 1.30. The number of hydrogen-bond donors (Lipinski definition) is 3. The third-order valence-electron chi connectivity index (χ3n) is 8.26. The van der Waals surface area contributed by atoms with Crippen LogP contribution in [0, 0.1) is 23.7 Å². The number of nitrogens with one attached hydrogen (secondary N) is 1. The summed E-state index contributed by atoms with van der Waals surface area (Å²) in [5.74, 6) is -2.38. The third kappa shape index (κ3) is 4.59. The Labute approximate surface area is 204 Å². The molecule has 1 aromatic carbocycles. The van der Waals surface area contributed by atoms with Gasteiger partial charge in [-0.05, 0) is 31.2 Å². The summed E-state index contributed by atoms with van der Waals surface area (Å²) in [6.07, 6.45) is 3.01. The van der Waals surface area contributed by atoms with E-state index < -0.39 is 36.1 Å². The molecule has 4 aliphatic rings. The first-order valence-electron chi connectivity index (χ1n) is 12.7. The minimum absolute atomic E-state index is 0.0624. The number of carbonyl (C=O) groups is 3. The number of aliphatic hydroxyl groups excluding tert-OH is 2. The van der Waals surface area contributed by atoms with E-state index in [0.29, 0.717) is 18.6 Å². The molecule has 0 unspecified atom stereocenters. The molecule has 9 nitrogen and oxygen atoms in total. The molecule has 188 valence electrons. The molecular formula is C26H33N3O6. The second-order valence-electron chi connectivity index (χ2n) is 10.3. The van der Waals surface area contributed by atoms with Crippen LogP contribution >= 0.6 is 0 Å². The van der Waals surface area contributed by atoms with Crippen LogP contribution in [0.1, 0.15) is 56.9 Å². The maximum absolute atomic E-state index is 13.5. The van der Waals surface area contributed by atoms with Gasteiger partial charge in [-0.15, -0.1) is 0 Å². The van der Waals surface area contributed by atoms with E-state index in [1.54, 1.807) is 0 Å². The molecule has 0 radical (unpaired) electrons. The van der Waals surface area contributed by atoms with Crippen LogP contribution in [-0.2, 0) is 20.9 Å². The smallest absolute Gasteiger partial charge is 0.428 e. The summed E-state index contributed by atoms with van der Waals surface area (Å²) in [6.45, 7) is 0.0995. The number of carbonyl (C=O) groups excluding carboxylic acids is 3. The topological polar surface area (TPSA) is 129 Å². The van der Waals surface area contributed by atoms with Gasteiger partial charge >= 0.3 is 6.09 Å². The fourth-order valence-corrected chi connectivity index (χ4v) is 6.59. The van der Waals surface area contributed by atoms with E-state index in [2.05, 4.69) is 10.5 Å². The van der Waals surface area contributed by atoms with E-state index in [-0.39, 0.29) is 36.8 Å². The fraction of sp³-hybridized carbons (Fsp3) is 0.615. The van der Waals surface area contributed by atoms with Gasteiger partial charge in [0.2, 0.25) is 11.8 Å². The fourth-order valence-electron chi connectivity index (χ4n) is 6.59. The van der Waals surface area contributed by atoms with Crippen LogP contribution in [0.3, 0.4) is 0 Å². The monoisotopic (exact) mass is 483 g/mol. The van der Waals surface area contributed by atoms with Crippen LogP contribution in [0.2, 0.25) is 0 Å². The summed E-state index contributed by atoms with van der Waals surface area (Å²) >= 11 is 0. The minimum atomic E-state index is -1.13. The summed E-state index contributed by atoms with van der Waals surface area (Å²) in [5, 5.41) is 25.8. The molecular weight excluding hydrogens is 450 g/mol. The van der Waals surface area contributed by atoms with E-state index in [4.69, 9.17) is 4.74 Å². The molecule has 1 saturated heterocycles. The maximum atomic E-state index is 13.5. The zero-order valence-electron chi connectivity index (χ0n) is 19.7. The van der Waals surface area contributed by atoms with Crippen molar-refractivity contribution in [2.45, 2.75) is 76.2 Å². The summed E-state index contributed by atoms with van der Waals surface area (Å²) in [7, 11) is 0. The van der Waals surface area contributed by atoms with Crippen molar-refractivity contribution >= 4 is 23.6 Å². The van der Waals surface area contributed by atoms with Crippen LogP contribution in [0.4, 0.5) is 4.79 Å². The number of ether oxygens (including phenoxy) is 1. The quantitative estimate of drug-likeness (QED) is 0.446. The highest BCUT2D eigenvalue weighted by Gasteiger charge is 2.60. The molecule has 1 heterocycles. The number of rotatable bonds is 4. The van der Waals surface area contributed by atoms with Gasteiger partial charge in [0.15, 0.2) is 0 Å². The Hall–Kier alpha value is -2.78. The van der Waals surface area contributed by atoms with Gasteiger partial charge < -0.3 is 14.9 Å². The molecule has 9 heteroatoms. The molecule has 1 aliphatic heterocycles. The Morgan fingerprint density at radius 1 is 1.00 bits per heavy atom. The SMILES string of the molecule is O=C(N/N=C1/C[C@@H](O)[C@@H](O)[C@@H]2[C@@H]3C(=O)N(C4CCCCC4)C(=O)[C@H]3CC[C@H]12)OCc1ccccc1. The number of hydrazone groups is 1. The molecule has 3 saturated carbocycles. The van der Waals surface area contributed by atoms with E-state index in [9.17, 15) is 24.6 Å². The maximum Gasteiger partial charge on any atom is 0.428 e. The summed E-state index contributed by atoms with van der Waals surface area (Å²) in [6, 6.07) is 9.21. The van der Waals surface area contributed by atoms with Crippen LogP contribution in [0.15, 0.2) is 35.4 Å². The van der Waals surface area contributed by atoms with Gasteiger partial charge in [0.1, 0.15) is 6.61 Å². The molecule has 0 bridgehead atoms. The van der Waals surface area contributed by atoms with Gasteiger partial charge in [0.25, 0.3) is 0 Å². The lowest BCUT2D eigenvalue weighted by molar-refractivity contribution is -0.145. The van der Waals surface area contributed by atoms with E-state index >= 15 is 0 Å². The van der Waals surface area contributed by atoms with Crippen molar-refractivity contribution < 1.29 is 29.3 Å². The predicted molar refractivity (Wildman–Crippen MR) is 126 cm³/mol. The first-order chi connectivity index (χ1) is 17.0. The summed E-state index contributed by atoms with van der Waals surface area (Å²) in [4.78, 5) is 40.5. The van der Waals surface area contributed by atoms with Crippen LogP contribution in [0.5, 0.6) is 0 Å². The standard InChI is InChI=1S/C26H33N3O6/c30-20-13-19(27-28-26(34)35-14-15-7-3-1-4-8-15)17-11-12-18-22(21(17)23(20)31)25(33)29(24(18)32)16-9-5-2-6-10-16/h1,3-4,7-8,16-18,20-23,30-31H,2,5-6,9-14H2,(H,28,34)/b27-19-/t17-,18+,20-,21+,22-,23-/m1/s1. The first kappa shape index (κ1) is 23.9. The van der Waals surface area contributed by atoms with Gasteiger partial charge in [0, 0.05) is 30.0 Å². The van der Waals surface area contributed by atoms with Gasteiger partial charge in [-0.1, -0.05) is 49.6 Å². The molecule has 3 N–H and O–H groups in total. The number of fused-ring (bicyclic) bond motifs is 3. The van der Waals surface area contributed by atoms with Crippen molar-refractivity contribution in [2.24, 2.45) is 28.8 Å². The van der Waals surface area contributed by atoms with Gasteiger partial charge in [-0.3, -0.25) is 14.5 Å². The second-order valence-corrected chi connectivity index (χ2v) is 10.3. The lowest BCUT2D eigenvalue weighted by Crippen LogP contribution is -2.55. The molecule has 3 amide bonds. The van der Waals surface area contributed by atoms with E-state index in [1.165, 1.54) is 4.90 Å². The van der Waals surface area contributed by atoms with E-state index in [1.807, 2.05) is 30.3 Å². The molecule has 1 aromatic rings. The number of benzene rings is 1. The van der Waals surface area contributed by atoms with Crippen molar-refractivity contribution in [2.75, 3.05) is 0 Å². The summed E-state index contributed by atoms with van der Waals surface area (Å²) in [5.41, 5.74) is 3.77. The Kier molecular flexibility index (Phi) is 6.88. The zero-order chi connectivity index (χ0) is 24.5. The normalized spacial score (nSPS) is 34.5. The average Bonchev–Trinajstić information content (AvgIpc) is 3.14. The molecule has 35 heavy (non-hydrogen) atoms. The lowest BCUT2D eigenvalue weighted by Gasteiger charge is -2.45. The van der Waals surface area contributed by atoms with Gasteiger partial charge in [-0.2, -0.15) is 5.10 Å². The third-order valence-corrected chi connectivity index (χ3v) is 8.26. The van der Waals surface area contributed by atoms with Gasteiger partial charge in [0.05, 0.1) is 24.0 Å². The molecule has 5 rings (SSSR count). The number of amides is 3. The van der Waals surface area contributed by atoms with Crippen LogP contribution in [0.25, 0.3) is 0 Å². The highest BCUT2D eigenvalue weighted by molar-refractivity contribution is 6.06. The first-order valence-corrected chi connectivity index (χ1v) is 12.7. The highest BCUT2D eigenvalue weighted by atomic mass is 16.6. The lowest BCUT2D eigenvalue weighted by atomic mass is 9.60. The Morgan fingerprint density at radius 3 is 2.46 bits per heavy atom. The number of imide groups is 1. The molecule has 0 spiro atoms. The second kappa shape index (κ2) is 10.1. The number of nitrogens with zero attached hydrogens (tertiary/aromatic N) is 2. The van der Waals surface area contributed by atoms with Crippen molar-refractivity contribution in [1.82, 2.24) is 10.3 Å². The molecule has 3 aliphatic carbocycles. The average molecular weight is 484 g/mol. The molecule has 0 aromatic heterocycles. The summed E-state index contributed by atoms with van der Waals surface area (Å²) < 4.78 is 5.21. The zero-order valence-corrected chi connectivity index (χ0v) is 19.7. The molecule has 6 atom stereocenters. The van der Waals surface area contributed by atoms with Gasteiger partial charge in [-0.25, -0.2) is 10.2 Å². The van der Waals surface area contributed by atoms with Crippen LogP contribution < -0.4 is 5.43 Å². The minimum Gasteiger partial charge on any atom is -0.443 e. The van der Waals surface area contributed by atoms with Crippen molar-refractivity contribution in [3.05, 3.63) is 35.9 Å². The Bertz CT molecular complexity index is 992. The number of aliphatic hydroxyl groups is 2. The largest absolute Gasteiger partial charge is 0.443 e. The van der Waals surface area contributed by atoms with Crippen LogP contribution in [-0.4, -0.2) is 57.0 Å². The Morgan fingerprint density at radius 2 is 1.71 bits per heavy atom. The van der Waals surface area contributed by atoms with Crippen molar-refractivity contribution in [3.8, 4) is 0 Å². The number of hydrogen-bond acceptors (Lipinski definition) is 7. The van der Waals surface area contributed by atoms with E-state index in [0.717, 1.165) is 37.7 Å². The van der Waals surface area contributed by atoms with Crippen molar-refractivity contribution in [1.29, 1.82) is 0 Å². The predicted octanol–water partition coefficient (Wildman–Crippen LogP) is 2.35.